The number of rotatable bonds is 12. The van der Waals surface area contributed by atoms with Crippen LogP contribution in [0.1, 0.15) is 93.5 Å². The van der Waals surface area contributed by atoms with Crippen LogP contribution in [-0.2, 0) is 16.0 Å². The Hall–Kier alpha value is -3.61. The molecule has 7 heteroatoms. The standard InChI is InChI=1S/C32H41NO6/c1-8-21(22-10-14-28(26(17-22)20(2)3)38-19-29(34)32(4,5)6)9-12-25-16-24-15-23(11-13-27(24)39-25)31(37)33(7)18-30(35)36/h10-11,13-17,20-21H,8-9,12,18-19H2,1-7H3,(H,35,36). The molecule has 0 aliphatic heterocycles. The molecule has 0 spiro atoms. The molecule has 0 bridgehead atoms. The molecule has 0 aliphatic rings. The number of fused-ring (bicyclic) bond motifs is 1. The van der Waals surface area contributed by atoms with Crippen molar-refractivity contribution in [2.75, 3.05) is 20.2 Å². The summed E-state index contributed by atoms with van der Waals surface area (Å²) in [5.74, 6) is 0.856. The molecule has 1 unspecified atom stereocenters. The number of nitrogens with zero attached hydrogens (tertiary/aromatic N) is 1. The molecular weight excluding hydrogens is 494 g/mol. The first-order valence-electron chi connectivity index (χ1n) is 13.6. The Morgan fingerprint density at radius 2 is 1.77 bits per heavy atom. The molecule has 7 nitrogen and oxygen atoms in total. The van der Waals surface area contributed by atoms with Gasteiger partial charge in [-0.1, -0.05) is 53.7 Å². The molecule has 39 heavy (non-hydrogen) atoms. The fraction of sp³-hybridized carbons (Fsp3) is 0.469. The molecule has 1 amide bonds. The topological polar surface area (TPSA) is 97.1 Å². The lowest BCUT2D eigenvalue weighted by Gasteiger charge is -2.21. The summed E-state index contributed by atoms with van der Waals surface area (Å²) in [7, 11) is 1.47. The Morgan fingerprint density at radius 3 is 2.38 bits per heavy atom. The van der Waals surface area contributed by atoms with Gasteiger partial charge in [-0.3, -0.25) is 14.4 Å². The fourth-order valence-electron chi connectivity index (χ4n) is 4.54. The summed E-state index contributed by atoms with van der Waals surface area (Å²) < 4.78 is 12.0. The second kappa shape index (κ2) is 12.5. The minimum absolute atomic E-state index is 0.0645. The first-order chi connectivity index (χ1) is 18.3. The van der Waals surface area contributed by atoms with E-state index in [4.69, 9.17) is 14.3 Å². The minimum Gasteiger partial charge on any atom is -0.486 e. The molecular formula is C32H41NO6. The lowest BCUT2D eigenvalue weighted by atomic mass is 9.88. The molecule has 1 N–H and O–H groups in total. The third kappa shape index (κ3) is 7.71. The van der Waals surface area contributed by atoms with Crippen molar-refractivity contribution in [3.05, 3.63) is 64.9 Å². The number of ether oxygens (including phenoxy) is 1. The van der Waals surface area contributed by atoms with Gasteiger partial charge in [0.2, 0.25) is 0 Å². The Labute approximate surface area is 231 Å². The average molecular weight is 536 g/mol. The molecule has 1 atom stereocenters. The molecule has 2 aromatic carbocycles. The molecule has 1 aromatic heterocycles. The van der Waals surface area contributed by atoms with E-state index >= 15 is 0 Å². The number of Topliss-reactive ketones (excluding diaryl/α,β-unsaturated/α-hetero) is 1. The highest BCUT2D eigenvalue weighted by Crippen LogP contribution is 2.34. The zero-order valence-corrected chi connectivity index (χ0v) is 24.2. The van der Waals surface area contributed by atoms with E-state index in [1.807, 2.05) is 32.9 Å². The van der Waals surface area contributed by atoms with Gasteiger partial charge in [0.25, 0.3) is 5.91 Å². The van der Waals surface area contributed by atoms with Gasteiger partial charge in [-0.2, -0.15) is 0 Å². The summed E-state index contributed by atoms with van der Waals surface area (Å²) >= 11 is 0. The maximum Gasteiger partial charge on any atom is 0.323 e. The predicted molar refractivity (Wildman–Crippen MR) is 153 cm³/mol. The van der Waals surface area contributed by atoms with E-state index < -0.39 is 11.4 Å². The van der Waals surface area contributed by atoms with Crippen LogP contribution in [0.3, 0.4) is 0 Å². The van der Waals surface area contributed by atoms with Gasteiger partial charge in [-0.25, -0.2) is 0 Å². The molecule has 0 radical (unpaired) electrons. The maximum absolute atomic E-state index is 12.6. The van der Waals surface area contributed by atoms with Crippen molar-refractivity contribution in [3.8, 4) is 5.75 Å². The van der Waals surface area contributed by atoms with Gasteiger partial charge in [0.05, 0.1) is 0 Å². The average Bonchev–Trinajstić information content (AvgIpc) is 3.28. The number of carboxylic acid groups (broad SMARTS) is 1. The zero-order valence-electron chi connectivity index (χ0n) is 24.2. The number of carbonyl (C=O) groups excluding carboxylic acids is 2. The summed E-state index contributed by atoms with van der Waals surface area (Å²) in [4.78, 5) is 37.1. The van der Waals surface area contributed by atoms with Crippen LogP contribution in [0, 0.1) is 5.41 Å². The van der Waals surface area contributed by atoms with E-state index in [1.54, 1.807) is 18.2 Å². The number of ketones is 1. The molecule has 210 valence electrons. The summed E-state index contributed by atoms with van der Waals surface area (Å²) in [6, 6.07) is 13.4. The maximum atomic E-state index is 12.6. The summed E-state index contributed by atoms with van der Waals surface area (Å²) in [5.41, 5.74) is 3.03. The predicted octanol–water partition coefficient (Wildman–Crippen LogP) is 6.83. The normalized spacial score (nSPS) is 12.5. The number of benzene rings is 2. The smallest absolute Gasteiger partial charge is 0.323 e. The van der Waals surface area contributed by atoms with Crippen molar-refractivity contribution in [2.45, 2.75) is 72.6 Å². The van der Waals surface area contributed by atoms with Gasteiger partial charge in [0.1, 0.15) is 30.2 Å². The van der Waals surface area contributed by atoms with Crippen molar-refractivity contribution in [1.82, 2.24) is 4.90 Å². The quantitative estimate of drug-likeness (QED) is 0.273. The zero-order chi connectivity index (χ0) is 28.9. The number of aliphatic carboxylic acids is 1. The van der Waals surface area contributed by atoms with Crippen LogP contribution in [-0.4, -0.2) is 47.9 Å². The number of carbonyl (C=O) groups is 3. The molecule has 0 aliphatic carbocycles. The lowest BCUT2D eigenvalue weighted by molar-refractivity contribution is -0.137. The van der Waals surface area contributed by atoms with Gasteiger partial charge in [-0.05, 0) is 66.1 Å². The fourth-order valence-corrected chi connectivity index (χ4v) is 4.54. The Bertz CT molecular complexity index is 1330. The number of aryl methyl sites for hydroxylation is 1. The number of amides is 1. The monoisotopic (exact) mass is 535 g/mol. The van der Waals surface area contributed by atoms with E-state index in [2.05, 4.69) is 32.9 Å². The molecule has 3 aromatic rings. The second-order valence-corrected chi connectivity index (χ2v) is 11.6. The van der Waals surface area contributed by atoms with Crippen LogP contribution < -0.4 is 4.74 Å². The number of hydrogen-bond acceptors (Lipinski definition) is 5. The van der Waals surface area contributed by atoms with Crippen LogP contribution in [0.2, 0.25) is 0 Å². The highest BCUT2D eigenvalue weighted by atomic mass is 16.5. The van der Waals surface area contributed by atoms with E-state index in [0.29, 0.717) is 17.1 Å². The number of likely N-dealkylation sites (N-methyl/N-ethyl adjacent to an activating group) is 1. The summed E-state index contributed by atoms with van der Waals surface area (Å²) in [6.45, 7) is 11.9. The number of furan rings is 1. The highest BCUT2D eigenvalue weighted by molar-refractivity contribution is 5.98. The van der Waals surface area contributed by atoms with Crippen molar-refractivity contribution in [3.63, 3.8) is 0 Å². The van der Waals surface area contributed by atoms with Crippen LogP contribution in [0.5, 0.6) is 5.75 Å². The van der Waals surface area contributed by atoms with Crippen molar-refractivity contribution < 1.29 is 28.6 Å². The van der Waals surface area contributed by atoms with Crippen LogP contribution in [0.25, 0.3) is 11.0 Å². The third-order valence-corrected chi connectivity index (χ3v) is 7.09. The van der Waals surface area contributed by atoms with Crippen LogP contribution in [0.4, 0.5) is 0 Å². The van der Waals surface area contributed by atoms with E-state index in [1.165, 1.54) is 17.5 Å². The lowest BCUT2D eigenvalue weighted by Crippen LogP contribution is -2.31. The van der Waals surface area contributed by atoms with E-state index in [0.717, 1.165) is 41.7 Å². The summed E-state index contributed by atoms with van der Waals surface area (Å²) in [6.07, 6.45) is 2.60. The molecule has 3 rings (SSSR count). The first kappa shape index (κ1) is 29.9. The van der Waals surface area contributed by atoms with Gasteiger partial charge in [0, 0.05) is 29.8 Å². The van der Waals surface area contributed by atoms with Crippen LogP contribution >= 0.6 is 0 Å². The van der Waals surface area contributed by atoms with Gasteiger partial charge < -0.3 is 19.2 Å². The van der Waals surface area contributed by atoms with Gasteiger partial charge in [-0.15, -0.1) is 0 Å². The largest absolute Gasteiger partial charge is 0.486 e. The van der Waals surface area contributed by atoms with E-state index in [-0.39, 0.29) is 30.8 Å². The second-order valence-electron chi connectivity index (χ2n) is 11.6. The SMILES string of the molecule is CCC(CCc1cc2cc(C(=O)N(C)CC(=O)O)ccc2o1)c1ccc(OCC(=O)C(C)(C)C)c(C(C)C)c1. The minimum atomic E-state index is -1.05. The Balaban J connectivity index is 1.72. The van der Waals surface area contributed by atoms with Crippen molar-refractivity contribution in [1.29, 1.82) is 0 Å². The number of hydrogen-bond donors (Lipinski definition) is 1. The van der Waals surface area contributed by atoms with Crippen molar-refractivity contribution in [2.24, 2.45) is 5.41 Å². The number of carboxylic acids is 1. The Morgan fingerprint density at radius 1 is 1.05 bits per heavy atom. The van der Waals surface area contributed by atoms with E-state index in [9.17, 15) is 14.4 Å². The van der Waals surface area contributed by atoms with Crippen molar-refractivity contribution >= 4 is 28.6 Å². The summed E-state index contributed by atoms with van der Waals surface area (Å²) in [5, 5.41) is 9.78. The highest BCUT2D eigenvalue weighted by Gasteiger charge is 2.23. The Kier molecular flexibility index (Phi) is 9.59. The van der Waals surface area contributed by atoms with Crippen LogP contribution in [0.15, 0.2) is 46.9 Å². The molecule has 0 saturated carbocycles. The van der Waals surface area contributed by atoms with Gasteiger partial charge >= 0.3 is 5.97 Å². The first-order valence-corrected chi connectivity index (χ1v) is 13.6. The van der Waals surface area contributed by atoms with Gasteiger partial charge in [0.15, 0.2) is 5.78 Å². The molecule has 1 heterocycles. The third-order valence-electron chi connectivity index (χ3n) is 7.09. The molecule has 0 fully saturated rings. The molecule has 0 saturated heterocycles.